The van der Waals surface area contributed by atoms with Crippen LogP contribution >= 0.6 is 0 Å². The number of hydrogen-bond donors (Lipinski definition) is 4. The number of hydrogen-bond acceptors (Lipinski definition) is 6. The highest BCUT2D eigenvalue weighted by Crippen LogP contribution is 2.18. The van der Waals surface area contributed by atoms with Crippen LogP contribution in [0.5, 0.6) is 0 Å². The highest BCUT2D eigenvalue weighted by molar-refractivity contribution is 6.00. The minimum Gasteiger partial charge on any atom is -0.444 e. The topological polar surface area (TPSA) is 135 Å². The Morgan fingerprint density at radius 2 is 0.886 bits per heavy atom. The Labute approximate surface area is 258 Å². The van der Waals surface area contributed by atoms with Crippen LogP contribution in [0, 0.1) is 13.8 Å². The maximum atomic E-state index is 13.0. The number of carbonyl (C=O) groups excluding carboxylic acids is 4. The second-order valence-electron chi connectivity index (χ2n) is 12.5. The molecule has 0 spiro atoms. The van der Waals surface area contributed by atoms with E-state index in [0.29, 0.717) is 46.7 Å². The van der Waals surface area contributed by atoms with Gasteiger partial charge in [-0.15, -0.1) is 0 Å². The molecular weight excluding hydrogens is 560 g/mol. The van der Waals surface area contributed by atoms with Crippen molar-refractivity contribution < 1.29 is 28.7 Å². The van der Waals surface area contributed by atoms with Gasteiger partial charge in [-0.2, -0.15) is 0 Å². The Balaban J connectivity index is 1.53. The second kappa shape index (κ2) is 14.1. The molecule has 0 aliphatic heterocycles. The molecule has 0 radical (unpaired) electrons. The fourth-order valence-corrected chi connectivity index (χ4v) is 4.12. The summed E-state index contributed by atoms with van der Waals surface area (Å²) >= 11 is 0. The highest BCUT2D eigenvalue weighted by atomic mass is 16.6. The molecule has 0 aromatic heterocycles. The van der Waals surface area contributed by atoms with E-state index in [0.717, 1.165) is 11.1 Å². The van der Waals surface area contributed by atoms with Gasteiger partial charge in [0.2, 0.25) is 0 Å². The van der Waals surface area contributed by atoms with E-state index in [9.17, 15) is 19.2 Å². The molecule has 3 aromatic rings. The summed E-state index contributed by atoms with van der Waals surface area (Å²) in [5, 5.41) is 11.2. The summed E-state index contributed by atoms with van der Waals surface area (Å²) in [6.07, 6.45) is -1.07. The van der Waals surface area contributed by atoms with Crippen molar-refractivity contribution in [2.24, 2.45) is 0 Å². The van der Waals surface area contributed by atoms with Crippen LogP contribution in [0.25, 0.3) is 0 Å². The first-order valence-electron chi connectivity index (χ1n) is 14.3. The first-order valence-corrected chi connectivity index (χ1v) is 14.3. The van der Waals surface area contributed by atoms with Crippen LogP contribution in [0.1, 0.15) is 84.5 Å². The predicted molar refractivity (Wildman–Crippen MR) is 171 cm³/mol. The molecule has 234 valence electrons. The van der Waals surface area contributed by atoms with E-state index >= 15 is 0 Å². The molecule has 0 bridgehead atoms. The van der Waals surface area contributed by atoms with Gasteiger partial charge in [0, 0.05) is 35.6 Å². The van der Waals surface area contributed by atoms with Gasteiger partial charge in [-0.25, -0.2) is 9.59 Å². The summed E-state index contributed by atoms with van der Waals surface area (Å²) in [6.45, 7) is 14.9. The number of carbonyl (C=O) groups is 4. The molecule has 4 amide bonds. The molecule has 3 aromatic carbocycles. The summed E-state index contributed by atoms with van der Waals surface area (Å²) in [6, 6.07) is 17.6. The number of amides is 4. The minimum absolute atomic E-state index is 0.256. The predicted octanol–water partition coefficient (Wildman–Crippen LogP) is 6.86. The van der Waals surface area contributed by atoms with Gasteiger partial charge in [-0.1, -0.05) is 24.3 Å². The quantitative estimate of drug-likeness (QED) is 0.223. The van der Waals surface area contributed by atoms with Crippen LogP contribution in [0.3, 0.4) is 0 Å². The Hall–Kier alpha value is -4.86. The molecule has 3 rings (SSSR count). The lowest BCUT2D eigenvalue weighted by molar-refractivity contribution is 0.0624. The zero-order chi connectivity index (χ0) is 32.7. The van der Waals surface area contributed by atoms with Crippen molar-refractivity contribution in [2.45, 2.75) is 79.7 Å². The number of ether oxygens (including phenoxy) is 2. The number of anilines is 2. The summed E-state index contributed by atoms with van der Waals surface area (Å²) in [7, 11) is 0. The molecule has 44 heavy (non-hydrogen) atoms. The Morgan fingerprint density at radius 3 is 1.18 bits per heavy atom. The largest absolute Gasteiger partial charge is 0.444 e. The van der Waals surface area contributed by atoms with Crippen LogP contribution < -0.4 is 21.3 Å². The lowest BCUT2D eigenvalue weighted by Crippen LogP contribution is -2.27. The van der Waals surface area contributed by atoms with Gasteiger partial charge in [0.05, 0.1) is 0 Å². The van der Waals surface area contributed by atoms with E-state index in [-0.39, 0.29) is 11.8 Å². The molecule has 0 heterocycles. The van der Waals surface area contributed by atoms with Gasteiger partial charge in [0.15, 0.2) is 0 Å². The van der Waals surface area contributed by atoms with Crippen LogP contribution in [0.2, 0.25) is 0 Å². The van der Waals surface area contributed by atoms with E-state index in [1.165, 1.54) is 0 Å². The van der Waals surface area contributed by atoms with E-state index in [4.69, 9.17) is 9.47 Å². The third kappa shape index (κ3) is 10.8. The molecular formula is C34H42N4O6. The zero-order valence-corrected chi connectivity index (χ0v) is 26.6. The van der Waals surface area contributed by atoms with Crippen LogP contribution in [-0.4, -0.2) is 35.2 Å². The van der Waals surface area contributed by atoms with Crippen molar-refractivity contribution in [1.29, 1.82) is 0 Å². The van der Waals surface area contributed by atoms with Gasteiger partial charge in [0.25, 0.3) is 11.8 Å². The van der Waals surface area contributed by atoms with Crippen LogP contribution in [0.4, 0.5) is 21.0 Å². The summed E-state index contributed by atoms with van der Waals surface area (Å²) in [5.41, 5.74) is 4.00. The zero-order valence-electron chi connectivity index (χ0n) is 26.6. The fraction of sp³-hybridized carbons (Fsp3) is 0.353. The third-order valence-corrected chi connectivity index (χ3v) is 6.17. The van der Waals surface area contributed by atoms with E-state index in [2.05, 4.69) is 21.3 Å². The van der Waals surface area contributed by atoms with Gasteiger partial charge in [-0.05, 0) is 114 Å². The highest BCUT2D eigenvalue weighted by Gasteiger charge is 2.18. The number of benzene rings is 3. The van der Waals surface area contributed by atoms with E-state index in [1.807, 2.05) is 24.3 Å². The van der Waals surface area contributed by atoms with E-state index in [1.54, 1.807) is 91.8 Å². The van der Waals surface area contributed by atoms with Gasteiger partial charge < -0.3 is 20.1 Å². The Kier molecular flexibility index (Phi) is 10.8. The van der Waals surface area contributed by atoms with Gasteiger partial charge in [-0.3, -0.25) is 20.2 Å². The molecule has 0 saturated carbocycles. The maximum absolute atomic E-state index is 13.0. The van der Waals surface area contributed by atoms with Crippen molar-refractivity contribution in [3.63, 3.8) is 0 Å². The van der Waals surface area contributed by atoms with Crippen molar-refractivity contribution in [3.05, 3.63) is 94.0 Å². The Morgan fingerprint density at radius 1 is 0.568 bits per heavy atom. The SMILES string of the molecule is Cc1cc(C(=O)NCc2ccc(NC(=O)OC(C)(C)C)cc2)c(C)cc1C(=O)NCc1ccc(NC(=O)OC(C)(C)C)cc1. The maximum Gasteiger partial charge on any atom is 0.412 e. The molecule has 0 saturated heterocycles. The van der Waals surface area contributed by atoms with Crippen molar-refractivity contribution >= 4 is 35.4 Å². The molecule has 0 atom stereocenters. The molecule has 10 heteroatoms. The summed E-state index contributed by atoms with van der Waals surface area (Å²) < 4.78 is 10.5. The molecule has 0 unspecified atom stereocenters. The molecule has 10 nitrogen and oxygen atoms in total. The third-order valence-electron chi connectivity index (χ3n) is 6.17. The molecule has 0 fully saturated rings. The fourth-order valence-electron chi connectivity index (χ4n) is 4.12. The molecule has 0 aliphatic rings. The summed E-state index contributed by atoms with van der Waals surface area (Å²) in [4.78, 5) is 49.9. The minimum atomic E-state index is -0.593. The smallest absolute Gasteiger partial charge is 0.412 e. The van der Waals surface area contributed by atoms with Gasteiger partial charge in [0.1, 0.15) is 11.2 Å². The summed E-state index contributed by atoms with van der Waals surface area (Å²) in [5.74, 6) is -0.512. The standard InChI is InChI=1S/C34H42N4O6/c1-21-17-28(30(40)36-20-24-11-15-26(16-12-24)38-32(42)44-34(6,7)8)22(2)18-27(21)29(39)35-19-23-9-13-25(14-10-23)37-31(41)43-33(3,4)5/h9-18H,19-20H2,1-8H3,(H,35,39)(H,36,40)(H,37,41)(H,38,42). The number of nitrogens with one attached hydrogen (secondary N) is 4. The Bertz CT molecular complexity index is 1390. The lowest BCUT2D eigenvalue weighted by Gasteiger charge is -2.19. The van der Waals surface area contributed by atoms with Gasteiger partial charge >= 0.3 is 12.2 Å². The van der Waals surface area contributed by atoms with Crippen molar-refractivity contribution in [1.82, 2.24) is 10.6 Å². The molecule has 0 aliphatic carbocycles. The van der Waals surface area contributed by atoms with Crippen LogP contribution in [0.15, 0.2) is 60.7 Å². The average molecular weight is 603 g/mol. The van der Waals surface area contributed by atoms with Crippen molar-refractivity contribution in [3.8, 4) is 0 Å². The average Bonchev–Trinajstić information content (AvgIpc) is 2.90. The second-order valence-corrected chi connectivity index (χ2v) is 12.5. The normalized spacial score (nSPS) is 11.3. The van der Waals surface area contributed by atoms with Crippen molar-refractivity contribution in [2.75, 3.05) is 10.6 Å². The molecule has 4 N–H and O–H groups in total. The monoisotopic (exact) mass is 602 g/mol. The number of aryl methyl sites for hydroxylation is 2. The van der Waals surface area contributed by atoms with Crippen LogP contribution in [-0.2, 0) is 22.6 Å². The van der Waals surface area contributed by atoms with E-state index < -0.39 is 23.4 Å². The number of rotatable bonds is 8. The lowest BCUT2D eigenvalue weighted by atomic mass is 9.98. The first-order chi connectivity index (χ1) is 20.5. The first kappa shape index (κ1) is 33.6.